The highest BCUT2D eigenvalue weighted by molar-refractivity contribution is 4.96. The van der Waals surface area contributed by atoms with Crippen LogP contribution in [-0.4, -0.2) is 326 Å². The third-order valence-electron chi connectivity index (χ3n) is 12.3. The van der Waals surface area contributed by atoms with Gasteiger partial charge in [-0.05, 0) is 0 Å². The third kappa shape index (κ3) is 12.0. The fraction of sp³-hybridized carbons (Fsp3) is 1.00. The number of aliphatic hydroxyl groups excluding tert-OH is 20. The van der Waals surface area contributed by atoms with Crippen LogP contribution < -0.4 is 0 Å². The van der Waals surface area contributed by atoms with Crippen molar-refractivity contribution in [3.05, 3.63) is 0 Å². The van der Waals surface area contributed by atoms with Crippen LogP contribution in [0.15, 0.2) is 0 Å². The number of hydrogen-bond donors (Lipinski definition) is 20. The normalized spacial score (nSPS) is 53.4. The highest BCUT2D eigenvalue weighted by atomic mass is 16.8. The van der Waals surface area contributed by atoms with Gasteiger partial charge in [0.1, 0.15) is 146 Å². The van der Waals surface area contributed by atoms with Gasteiger partial charge in [0.25, 0.3) is 0 Å². The maximum absolute atomic E-state index is 10.7. The molecule has 0 saturated carbocycles. The van der Waals surface area contributed by atoms with Crippen molar-refractivity contribution in [2.45, 2.75) is 184 Å². The minimum Gasteiger partial charge on any atom is -0.394 e. The van der Waals surface area contributed by atoms with Crippen molar-refractivity contribution in [3.63, 3.8) is 0 Å². The monoisotopic (exact) mass is 990 g/mol. The van der Waals surface area contributed by atoms with Crippen LogP contribution >= 0.6 is 0 Å². The van der Waals surface area contributed by atoms with E-state index in [-0.39, 0.29) is 0 Å². The Bertz CT molecular complexity index is 1510. The van der Waals surface area contributed by atoms with Crippen molar-refractivity contribution in [3.8, 4) is 0 Å². The van der Waals surface area contributed by atoms with Crippen LogP contribution in [0.3, 0.4) is 0 Å². The molecule has 0 aliphatic carbocycles. The zero-order valence-electron chi connectivity index (χ0n) is 35.0. The lowest BCUT2D eigenvalue weighted by Gasteiger charge is -2.44. The van der Waals surface area contributed by atoms with Crippen molar-refractivity contribution >= 4 is 0 Å². The van der Waals surface area contributed by atoms with Gasteiger partial charge in [0.05, 0.1) is 39.6 Å². The van der Waals surface area contributed by atoms with Crippen molar-refractivity contribution < 1.29 is 154 Å². The van der Waals surface area contributed by atoms with E-state index in [4.69, 9.17) is 52.1 Å². The Morgan fingerprint density at radius 1 is 0.224 bits per heavy atom. The quantitative estimate of drug-likeness (QED) is 0.0683. The molecule has 6 aliphatic rings. The molecule has 20 N–H and O–H groups in total. The molecule has 30 unspecified atom stereocenters. The summed E-state index contributed by atoms with van der Waals surface area (Å²) in [5.74, 6) is 0. The first-order chi connectivity index (χ1) is 31.6. The second-order valence-electron chi connectivity index (χ2n) is 17.0. The summed E-state index contributed by atoms with van der Waals surface area (Å²) >= 11 is 0. The van der Waals surface area contributed by atoms with Gasteiger partial charge < -0.3 is 154 Å². The average molecular weight is 991 g/mol. The van der Waals surface area contributed by atoms with E-state index in [1.165, 1.54) is 0 Å². The van der Waals surface area contributed by atoms with Crippen LogP contribution in [0.4, 0.5) is 0 Å². The third-order valence-corrected chi connectivity index (χ3v) is 12.3. The second kappa shape index (κ2) is 23.5. The molecule has 0 aromatic rings. The van der Waals surface area contributed by atoms with Gasteiger partial charge in [-0.15, -0.1) is 0 Å². The predicted octanol–water partition coefficient (Wildman–Crippen LogP) is -14.1. The summed E-state index contributed by atoms with van der Waals surface area (Å²) in [7, 11) is 0. The second-order valence-corrected chi connectivity index (χ2v) is 17.0. The maximum Gasteiger partial charge on any atom is 0.186 e. The van der Waals surface area contributed by atoms with Crippen LogP contribution in [-0.2, 0) is 52.1 Å². The van der Waals surface area contributed by atoms with Crippen molar-refractivity contribution in [2.75, 3.05) is 39.6 Å². The lowest BCUT2D eigenvalue weighted by atomic mass is 9.97. The van der Waals surface area contributed by atoms with Crippen LogP contribution in [0.5, 0.6) is 0 Å². The number of aliphatic hydroxyl groups is 20. The minimum absolute atomic E-state index is 0.692. The Hall–Kier alpha value is -1.24. The number of hydrogen-bond acceptors (Lipinski definition) is 31. The highest BCUT2D eigenvalue weighted by Crippen LogP contribution is 2.31. The summed E-state index contributed by atoms with van der Waals surface area (Å²) in [6.07, 6.45) is -54.2. The molecule has 31 heteroatoms. The van der Waals surface area contributed by atoms with E-state index < -0.39 is 224 Å². The standard InChI is InChI=1S/C36H62O31/c37-1-7-13(38)20(45)26(51)32(63-7)58-3-9-15(40)22(47)28(53)34(65-9)60-5-11-17(42)24(49)30(55)36(67-11)61-6-12-18(43)23(48)29(54)35(66-12)59-4-10-16(41)21(46)27(52)33(64-10)57-2-8-14(39)19(44)25(50)31(56)62-8/h7-56H,1-6H2. The Morgan fingerprint density at radius 2 is 0.418 bits per heavy atom. The fourth-order valence-corrected chi connectivity index (χ4v) is 7.99. The Labute approximate surface area is 378 Å². The van der Waals surface area contributed by atoms with Gasteiger partial charge in [0.2, 0.25) is 0 Å². The minimum atomic E-state index is -2.01. The molecule has 6 saturated heterocycles. The molecule has 0 amide bonds. The molecule has 6 heterocycles. The van der Waals surface area contributed by atoms with E-state index in [9.17, 15) is 102 Å². The van der Waals surface area contributed by atoms with E-state index in [0.29, 0.717) is 0 Å². The highest BCUT2D eigenvalue weighted by Gasteiger charge is 2.52. The van der Waals surface area contributed by atoms with Gasteiger partial charge in [0.15, 0.2) is 37.7 Å². The molecule has 0 bridgehead atoms. The molecule has 0 aromatic carbocycles. The molecule has 0 spiro atoms. The Morgan fingerprint density at radius 3 is 0.657 bits per heavy atom. The summed E-state index contributed by atoms with van der Waals surface area (Å²) < 4.78 is 59.7. The zero-order valence-corrected chi connectivity index (χ0v) is 35.0. The SMILES string of the molecule is OCC1OC(OCC2OC(OCC3OC(OCC4OC(OCC5OC(OCC6OC(O)C(O)C(O)C6O)C(O)C(O)C5O)C(O)C(O)C4O)C(O)C(O)C3O)C(O)C(O)C2O)C(O)C(O)C1O. The van der Waals surface area contributed by atoms with Crippen molar-refractivity contribution in [1.82, 2.24) is 0 Å². The molecule has 392 valence electrons. The molecular formula is C36H62O31. The van der Waals surface area contributed by atoms with Gasteiger partial charge in [-0.2, -0.15) is 0 Å². The fourth-order valence-electron chi connectivity index (χ4n) is 7.99. The lowest BCUT2D eigenvalue weighted by Crippen LogP contribution is -2.63. The van der Waals surface area contributed by atoms with Crippen molar-refractivity contribution in [1.29, 1.82) is 0 Å². The first-order valence-corrected chi connectivity index (χ1v) is 21.1. The summed E-state index contributed by atoms with van der Waals surface area (Å²) in [4.78, 5) is 0. The average Bonchev–Trinajstić information content (AvgIpc) is 3.31. The predicted molar refractivity (Wildman–Crippen MR) is 199 cm³/mol. The van der Waals surface area contributed by atoms with Crippen LogP contribution in [0.1, 0.15) is 0 Å². The number of rotatable bonds is 16. The topological polar surface area (TPSA) is 506 Å². The Kier molecular flexibility index (Phi) is 19.4. The van der Waals surface area contributed by atoms with Gasteiger partial charge in [-0.3, -0.25) is 0 Å². The largest absolute Gasteiger partial charge is 0.394 e. The summed E-state index contributed by atoms with van der Waals surface area (Å²) in [6.45, 7) is -4.51. The van der Waals surface area contributed by atoms with E-state index in [1.54, 1.807) is 0 Å². The molecule has 30 atom stereocenters. The van der Waals surface area contributed by atoms with E-state index in [1.807, 2.05) is 0 Å². The Balaban J connectivity index is 1.01. The van der Waals surface area contributed by atoms with E-state index in [0.717, 1.165) is 0 Å². The van der Waals surface area contributed by atoms with Gasteiger partial charge in [-0.1, -0.05) is 0 Å². The first-order valence-electron chi connectivity index (χ1n) is 21.1. The number of ether oxygens (including phenoxy) is 11. The summed E-state index contributed by atoms with van der Waals surface area (Å²) in [5, 5.41) is 206. The molecule has 0 radical (unpaired) electrons. The van der Waals surface area contributed by atoms with Gasteiger partial charge >= 0.3 is 0 Å². The molecular weight excluding hydrogens is 928 g/mol. The lowest BCUT2D eigenvalue weighted by molar-refractivity contribution is -0.352. The molecule has 67 heavy (non-hydrogen) atoms. The van der Waals surface area contributed by atoms with E-state index in [2.05, 4.69) is 0 Å². The van der Waals surface area contributed by atoms with Gasteiger partial charge in [-0.25, -0.2) is 0 Å². The van der Waals surface area contributed by atoms with Crippen LogP contribution in [0.2, 0.25) is 0 Å². The first kappa shape index (κ1) is 55.1. The maximum atomic E-state index is 10.7. The zero-order chi connectivity index (χ0) is 49.3. The molecule has 6 fully saturated rings. The summed E-state index contributed by atoms with van der Waals surface area (Å²) in [6, 6.07) is 0. The van der Waals surface area contributed by atoms with Gasteiger partial charge in [0, 0.05) is 0 Å². The van der Waals surface area contributed by atoms with E-state index >= 15 is 0 Å². The smallest absolute Gasteiger partial charge is 0.186 e. The molecule has 31 nitrogen and oxygen atoms in total. The van der Waals surface area contributed by atoms with Crippen LogP contribution in [0.25, 0.3) is 0 Å². The molecule has 6 rings (SSSR count). The summed E-state index contributed by atoms with van der Waals surface area (Å²) in [5.41, 5.74) is 0. The molecule has 0 aromatic heterocycles. The van der Waals surface area contributed by atoms with Crippen molar-refractivity contribution in [2.24, 2.45) is 0 Å². The molecule has 6 aliphatic heterocycles. The van der Waals surface area contributed by atoms with Crippen LogP contribution in [0, 0.1) is 0 Å².